The van der Waals surface area contributed by atoms with Crippen LogP contribution in [0.5, 0.6) is 0 Å². The molecule has 0 aliphatic heterocycles. The summed E-state index contributed by atoms with van der Waals surface area (Å²) in [7, 11) is 1.45. The first-order valence-corrected chi connectivity index (χ1v) is 7.08. The van der Waals surface area contributed by atoms with Gasteiger partial charge in [0.1, 0.15) is 22.8 Å². The van der Waals surface area contributed by atoms with Gasteiger partial charge in [0, 0.05) is 13.6 Å². The van der Waals surface area contributed by atoms with Crippen LogP contribution < -0.4 is 0 Å². The first-order valence-electron chi connectivity index (χ1n) is 6.70. The maximum absolute atomic E-state index is 14.1. The third-order valence-corrected chi connectivity index (χ3v) is 3.60. The van der Waals surface area contributed by atoms with E-state index in [1.165, 1.54) is 37.1 Å². The summed E-state index contributed by atoms with van der Waals surface area (Å²) in [4.78, 5) is 24.4. The lowest BCUT2D eigenvalue weighted by Crippen LogP contribution is -2.29. The Morgan fingerprint density at radius 1 is 1.43 bits per heavy atom. The van der Waals surface area contributed by atoms with Crippen LogP contribution in [0.2, 0.25) is 5.02 Å². The first-order chi connectivity index (χ1) is 10.8. The smallest absolute Gasteiger partial charge is 0.305 e. The molecule has 1 N–H and O–H groups in total. The summed E-state index contributed by atoms with van der Waals surface area (Å²) < 4.78 is 19.1. The van der Waals surface area contributed by atoms with Crippen LogP contribution in [0.15, 0.2) is 22.7 Å². The number of benzene rings is 1. The van der Waals surface area contributed by atoms with Gasteiger partial charge in [0.15, 0.2) is 0 Å². The molecule has 1 heterocycles. The Bertz CT molecular complexity index is 740. The predicted molar refractivity (Wildman–Crippen MR) is 80.9 cm³/mol. The number of nitrogens with zero attached hydrogens (tertiary/aromatic N) is 2. The Kier molecular flexibility index (Phi) is 5.00. The number of hydrogen-bond acceptors (Lipinski definition) is 4. The van der Waals surface area contributed by atoms with Gasteiger partial charge in [0.2, 0.25) is 0 Å². The van der Waals surface area contributed by atoms with Gasteiger partial charge in [-0.05, 0) is 19.1 Å². The number of aryl methyl sites for hydroxylation is 1. The quantitative estimate of drug-likeness (QED) is 0.904. The highest BCUT2D eigenvalue weighted by molar-refractivity contribution is 6.33. The molecule has 6 nitrogen and oxygen atoms in total. The molecule has 0 saturated carbocycles. The van der Waals surface area contributed by atoms with Crippen molar-refractivity contribution in [2.75, 3.05) is 13.6 Å². The third kappa shape index (κ3) is 3.50. The van der Waals surface area contributed by atoms with E-state index in [1.807, 2.05) is 0 Å². The van der Waals surface area contributed by atoms with E-state index in [1.54, 1.807) is 0 Å². The van der Waals surface area contributed by atoms with E-state index < -0.39 is 17.7 Å². The topological polar surface area (TPSA) is 83.6 Å². The molecule has 0 spiro atoms. The Labute approximate surface area is 136 Å². The van der Waals surface area contributed by atoms with Crippen LogP contribution in [-0.4, -0.2) is 40.6 Å². The largest absolute Gasteiger partial charge is 0.481 e. The second-order valence-corrected chi connectivity index (χ2v) is 5.34. The van der Waals surface area contributed by atoms with E-state index in [2.05, 4.69) is 5.16 Å². The highest BCUT2D eigenvalue weighted by Gasteiger charge is 2.27. The zero-order chi connectivity index (χ0) is 17.1. The highest BCUT2D eigenvalue weighted by atomic mass is 35.5. The maximum atomic E-state index is 14.1. The number of carbonyl (C=O) groups excluding carboxylic acids is 1. The Hall–Kier alpha value is -2.41. The normalized spacial score (nSPS) is 10.6. The summed E-state index contributed by atoms with van der Waals surface area (Å²) in [6.07, 6.45) is -0.206. The molecular weight excluding hydrogens is 327 g/mol. The van der Waals surface area contributed by atoms with Crippen molar-refractivity contribution in [2.45, 2.75) is 13.3 Å². The van der Waals surface area contributed by atoms with Gasteiger partial charge < -0.3 is 14.5 Å². The Morgan fingerprint density at radius 3 is 2.74 bits per heavy atom. The van der Waals surface area contributed by atoms with E-state index in [4.69, 9.17) is 21.2 Å². The molecule has 2 rings (SSSR count). The van der Waals surface area contributed by atoms with Crippen molar-refractivity contribution in [3.8, 4) is 11.3 Å². The lowest BCUT2D eigenvalue weighted by molar-refractivity contribution is -0.137. The highest BCUT2D eigenvalue weighted by Crippen LogP contribution is 2.33. The van der Waals surface area contributed by atoms with Crippen molar-refractivity contribution in [3.05, 3.63) is 40.4 Å². The average molecular weight is 341 g/mol. The van der Waals surface area contributed by atoms with Gasteiger partial charge in [0.05, 0.1) is 17.0 Å². The molecule has 0 fully saturated rings. The van der Waals surface area contributed by atoms with Crippen molar-refractivity contribution < 1.29 is 23.6 Å². The molecule has 0 atom stereocenters. The van der Waals surface area contributed by atoms with Gasteiger partial charge in [-0.2, -0.15) is 0 Å². The van der Waals surface area contributed by atoms with Crippen molar-refractivity contribution in [3.63, 3.8) is 0 Å². The number of rotatable bonds is 5. The lowest BCUT2D eigenvalue weighted by Gasteiger charge is -2.16. The molecule has 1 aromatic carbocycles. The van der Waals surface area contributed by atoms with E-state index in [-0.39, 0.29) is 40.6 Å². The van der Waals surface area contributed by atoms with E-state index in [0.717, 1.165) is 0 Å². The number of hydrogen-bond donors (Lipinski definition) is 1. The number of aliphatic carboxylic acids is 1. The standard InChI is InChI=1S/C15H14ClFN2O4/c1-8-12(15(22)19(2)7-6-11(20)21)14(18-23-8)13-9(16)4-3-5-10(13)17/h3-5H,6-7H2,1-2H3,(H,20,21). The summed E-state index contributed by atoms with van der Waals surface area (Å²) in [5, 5.41) is 12.5. The molecule has 0 radical (unpaired) electrons. The van der Waals surface area contributed by atoms with Crippen molar-refractivity contribution in [1.29, 1.82) is 0 Å². The van der Waals surface area contributed by atoms with Crippen molar-refractivity contribution in [2.24, 2.45) is 0 Å². The number of aromatic nitrogens is 1. The van der Waals surface area contributed by atoms with Crippen LogP contribution in [-0.2, 0) is 4.79 Å². The molecule has 23 heavy (non-hydrogen) atoms. The summed E-state index contributed by atoms with van der Waals surface area (Å²) in [6, 6.07) is 4.12. The minimum atomic E-state index is -1.02. The fraction of sp³-hybridized carbons (Fsp3) is 0.267. The molecule has 0 saturated heterocycles. The minimum Gasteiger partial charge on any atom is -0.481 e. The summed E-state index contributed by atoms with van der Waals surface area (Å²) in [5.41, 5.74) is 0.0312. The second kappa shape index (κ2) is 6.78. The Morgan fingerprint density at radius 2 is 2.13 bits per heavy atom. The van der Waals surface area contributed by atoms with Crippen LogP contribution in [0.1, 0.15) is 22.5 Å². The summed E-state index contributed by atoms with van der Waals surface area (Å²) in [5.74, 6) is -1.97. The molecule has 2 aromatic rings. The number of halogens is 2. The number of carboxylic acid groups (broad SMARTS) is 1. The molecule has 1 amide bonds. The first kappa shape index (κ1) is 17.0. The fourth-order valence-electron chi connectivity index (χ4n) is 2.07. The van der Waals surface area contributed by atoms with Crippen LogP contribution in [0, 0.1) is 12.7 Å². The molecule has 122 valence electrons. The van der Waals surface area contributed by atoms with Gasteiger partial charge in [-0.1, -0.05) is 22.8 Å². The van der Waals surface area contributed by atoms with Crippen LogP contribution in [0.3, 0.4) is 0 Å². The van der Waals surface area contributed by atoms with Gasteiger partial charge in [-0.15, -0.1) is 0 Å². The van der Waals surface area contributed by atoms with Gasteiger partial charge >= 0.3 is 5.97 Å². The summed E-state index contributed by atoms with van der Waals surface area (Å²) in [6.45, 7) is 1.52. The molecule has 1 aromatic heterocycles. The number of carboxylic acids is 1. The SMILES string of the molecule is Cc1onc(-c2c(F)cccc2Cl)c1C(=O)N(C)CCC(=O)O. The van der Waals surface area contributed by atoms with E-state index >= 15 is 0 Å². The van der Waals surface area contributed by atoms with Crippen LogP contribution >= 0.6 is 11.6 Å². The van der Waals surface area contributed by atoms with Crippen LogP contribution in [0.25, 0.3) is 11.3 Å². The molecular formula is C15H14ClFN2O4. The predicted octanol–water partition coefficient (Wildman–Crippen LogP) is 2.99. The van der Waals surface area contributed by atoms with E-state index in [0.29, 0.717) is 0 Å². The molecule has 0 aliphatic carbocycles. The van der Waals surface area contributed by atoms with Crippen molar-refractivity contribution in [1.82, 2.24) is 10.1 Å². The molecule has 0 unspecified atom stereocenters. The molecule has 0 bridgehead atoms. The van der Waals surface area contributed by atoms with Gasteiger partial charge in [-0.3, -0.25) is 9.59 Å². The van der Waals surface area contributed by atoms with Crippen LogP contribution in [0.4, 0.5) is 4.39 Å². The zero-order valence-electron chi connectivity index (χ0n) is 12.5. The monoisotopic (exact) mass is 340 g/mol. The Balaban J connectivity index is 2.43. The second-order valence-electron chi connectivity index (χ2n) is 4.93. The summed E-state index contributed by atoms with van der Waals surface area (Å²) >= 11 is 6.01. The van der Waals surface area contributed by atoms with Crippen molar-refractivity contribution >= 4 is 23.5 Å². The third-order valence-electron chi connectivity index (χ3n) is 3.28. The number of carbonyl (C=O) groups is 2. The average Bonchev–Trinajstić information content (AvgIpc) is 2.85. The van der Waals surface area contributed by atoms with Gasteiger partial charge in [-0.25, -0.2) is 4.39 Å². The molecule has 0 aliphatic rings. The fourth-order valence-corrected chi connectivity index (χ4v) is 2.33. The maximum Gasteiger partial charge on any atom is 0.305 e. The lowest BCUT2D eigenvalue weighted by atomic mass is 10.0. The minimum absolute atomic E-state index is 0.00206. The zero-order valence-corrected chi connectivity index (χ0v) is 13.2. The number of amides is 1. The molecule has 8 heteroatoms. The van der Waals surface area contributed by atoms with E-state index in [9.17, 15) is 14.0 Å². The van der Waals surface area contributed by atoms with Gasteiger partial charge in [0.25, 0.3) is 5.91 Å².